The van der Waals surface area contributed by atoms with E-state index in [-0.39, 0.29) is 11.8 Å². The summed E-state index contributed by atoms with van der Waals surface area (Å²) in [7, 11) is 0. The zero-order valence-corrected chi connectivity index (χ0v) is 21.5. The summed E-state index contributed by atoms with van der Waals surface area (Å²) in [5.41, 5.74) is -0.732. The van der Waals surface area contributed by atoms with Crippen LogP contribution in [0.15, 0.2) is 0 Å². The third-order valence-corrected chi connectivity index (χ3v) is 6.15. The van der Waals surface area contributed by atoms with Crippen molar-refractivity contribution in [1.82, 2.24) is 15.5 Å². The fraction of sp³-hybridized carbons (Fsp3) is 0.792. The van der Waals surface area contributed by atoms with Crippen LogP contribution in [0.4, 0.5) is 0 Å². The molecule has 3 amide bonds. The lowest BCUT2D eigenvalue weighted by Crippen LogP contribution is -2.55. The fourth-order valence-corrected chi connectivity index (χ4v) is 3.69. The summed E-state index contributed by atoms with van der Waals surface area (Å²) >= 11 is 0. The molecule has 0 spiro atoms. The van der Waals surface area contributed by atoms with E-state index in [0.717, 1.165) is 6.42 Å². The minimum absolute atomic E-state index is 0.220. The highest BCUT2D eigenvalue weighted by atomic mass is 16.7. The fourth-order valence-electron chi connectivity index (χ4n) is 3.69. The predicted octanol–water partition coefficient (Wildman–Crippen LogP) is 0.892. The van der Waals surface area contributed by atoms with Crippen LogP contribution in [0.25, 0.3) is 0 Å². The van der Waals surface area contributed by atoms with Crippen LogP contribution in [0.5, 0.6) is 0 Å². The van der Waals surface area contributed by atoms with Gasteiger partial charge in [0.1, 0.15) is 12.1 Å². The Morgan fingerprint density at radius 1 is 1.06 bits per heavy atom. The van der Waals surface area contributed by atoms with Gasteiger partial charge in [0, 0.05) is 13.1 Å². The van der Waals surface area contributed by atoms with E-state index in [1.54, 1.807) is 20.8 Å². The molecular formula is C24H39N3O8. The second-order valence-corrected chi connectivity index (χ2v) is 10.1. The first kappa shape index (κ1) is 28.5. The molecule has 2 aliphatic heterocycles. The Kier molecular flexibility index (Phi) is 10.1. The van der Waals surface area contributed by atoms with Crippen LogP contribution < -0.4 is 10.6 Å². The van der Waals surface area contributed by atoms with Crippen molar-refractivity contribution in [2.24, 2.45) is 11.3 Å². The molecule has 11 nitrogen and oxygen atoms in total. The summed E-state index contributed by atoms with van der Waals surface area (Å²) in [4.78, 5) is 64.1. The Morgan fingerprint density at radius 2 is 1.71 bits per heavy atom. The molecule has 0 bridgehead atoms. The van der Waals surface area contributed by atoms with Crippen molar-refractivity contribution in [3.05, 3.63) is 0 Å². The van der Waals surface area contributed by atoms with Crippen LogP contribution in [-0.2, 0) is 38.2 Å². The number of hydrogen-bond donors (Lipinski definition) is 2. The zero-order chi connectivity index (χ0) is 26.3. The van der Waals surface area contributed by atoms with E-state index < -0.39 is 60.3 Å². The minimum atomic E-state index is -0.942. The Balaban J connectivity index is 1.98. The summed E-state index contributed by atoms with van der Waals surface area (Å²) in [6, 6.07) is -1.72. The molecule has 2 fully saturated rings. The SMILES string of the molecule is CCCNC(=O)[C@H]1OC1C(=O)N[C@H](C(=O)N1CCC[C@H]1C(=O)OCOC(=O)C(C)(C)C)[C@@H](C)CC. The van der Waals surface area contributed by atoms with Gasteiger partial charge in [-0.25, -0.2) is 4.79 Å². The van der Waals surface area contributed by atoms with Gasteiger partial charge in [-0.3, -0.25) is 19.2 Å². The first-order valence-corrected chi connectivity index (χ1v) is 12.3. The van der Waals surface area contributed by atoms with Crippen molar-refractivity contribution in [3.63, 3.8) is 0 Å². The number of rotatable bonds is 11. The lowest BCUT2D eigenvalue weighted by atomic mass is 9.97. The summed E-state index contributed by atoms with van der Waals surface area (Å²) in [6.07, 6.45) is 0.569. The second kappa shape index (κ2) is 12.3. The summed E-state index contributed by atoms with van der Waals surface area (Å²) in [6.45, 7) is 11.0. The highest BCUT2D eigenvalue weighted by Gasteiger charge is 2.51. The molecule has 2 rings (SSSR count). The van der Waals surface area contributed by atoms with Gasteiger partial charge in [0.15, 0.2) is 12.2 Å². The molecular weight excluding hydrogens is 458 g/mol. The third-order valence-electron chi connectivity index (χ3n) is 6.15. The summed E-state index contributed by atoms with van der Waals surface area (Å²) < 4.78 is 15.3. The highest BCUT2D eigenvalue weighted by Crippen LogP contribution is 2.25. The van der Waals surface area contributed by atoms with E-state index in [4.69, 9.17) is 14.2 Å². The highest BCUT2D eigenvalue weighted by molar-refractivity contribution is 5.97. The summed E-state index contributed by atoms with van der Waals surface area (Å²) in [5.74, 6) is -2.67. The van der Waals surface area contributed by atoms with Gasteiger partial charge in [-0.05, 0) is 46.0 Å². The van der Waals surface area contributed by atoms with Crippen molar-refractivity contribution in [2.45, 2.75) is 91.5 Å². The number of likely N-dealkylation sites (tertiary alicyclic amines) is 1. The van der Waals surface area contributed by atoms with E-state index in [1.807, 2.05) is 20.8 Å². The molecule has 2 aliphatic rings. The van der Waals surface area contributed by atoms with E-state index in [9.17, 15) is 24.0 Å². The molecule has 2 saturated heterocycles. The lowest BCUT2D eigenvalue weighted by Gasteiger charge is -2.30. The molecule has 2 heterocycles. The van der Waals surface area contributed by atoms with Crippen LogP contribution >= 0.6 is 0 Å². The third kappa shape index (κ3) is 7.65. The monoisotopic (exact) mass is 497 g/mol. The van der Waals surface area contributed by atoms with E-state index >= 15 is 0 Å². The average Bonchev–Trinajstić information content (AvgIpc) is 3.47. The Bertz CT molecular complexity index is 809. The minimum Gasteiger partial charge on any atom is -0.427 e. The maximum Gasteiger partial charge on any atom is 0.331 e. The number of nitrogens with one attached hydrogen (secondary N) is 2. The molecule has 35 heavy (non-hydrogen) atoms. The first-order chi connectivity index (χ1) is 16.4. The first-order valence-electron chi connectivity index (χ1n) is 12.3. The van der Waals surface area contributed by atoms with E-state index in [1.165, 1.54) is 4.90 Å². The van der Waals surface area contributed by atoms with Gasteiger partial charge in [-0.2, -0.15) is 0 Å². The maximum absolute atomic E-state index is 13.4. The quantitative estimate of drug-likeness (QED) is 0.243. The Labute approximate surface area is 206 Å². The molecule has 5 atom stereocenters. The van der Waals surface area contributed by atoms with Gasteiger partial charge in [-0.15, -0.1) is 0 Å². The molecule has 1 unspecified atom stereocenters. The number of esters is 2. The molecule has 11 heteroatoms. The van der Waals surface area contributed by atoms with Crippen LogP contribution in [0.3, 0.4) is 0 Å². The Hall–Kier alpha value is -2.69. The Morgan fingerprint density at radius 3 is 2.31 bits per heavy atom. The number of epoxide rings is 1. The number of ether oxygens (including phenoxy) is 3. The van der Waals surface area contributed by atoms with E-state index in [0.29, 0.717) is 32.4 Å². The molecule has 0 aromatic heterocycles. The molecule has 0 radical (unpaired) electrons. The van der Waals surface area contributed by atoms with Crippen LogP contribution in [0.2, 0.25) is 0 Å². The normalized spacial score (nSPS) is 23.1. The number of nitrogens with zero attached hydrogens (tertiary/aromatic N) is 1. The van der Waals surface area contributed by atoms with Gasteiger partial charge < -0.3 is 29.7 Å². The largest absolute Gasteiger partial charge is 0.427 e. The van der Waals surface area contributed by atoms with Gasteiger partial charge in [0.2, 0.25) is 12.7 Å². The lowest BCUT2D eigenvalue weighted by molar-refractivity contribution is -0.176. The number of carbonyl (C=O) groups excluding carboxylic acids is 5. The van der Waals surface area contributed by atoms with Gasteiger partial charge in [0.25, 0.3) is 11.8 Å². The molecule has 0 aromatic carbocycles. The summed E-state index contributed by atoms with van der Waals surface area (Å²) in [5, 5.41) is 5.41. The van der Waals surface area contributed by atoms with Crippen LogP contribution in [-0.4, -0.2) is 78.7 Å². The van der Waals surface area contributed by atoms with E-state index in [2.05, 4.69) is 10.6 Å². The molecule has 0 aliphatic carbocycles. The topological polar surface area (TPSA) is 144 Å². The van der Waals surface area contributed by atoms with Crippen molar-refractivity contribution in [2.75, 3.05) is 19.9 Å². The number of carbonyl (C=O) groups is 5. The van der Waals surface area contributed by atoms with Gasteiger partial charge >= 0.3 is 11.9 Å². The zero-order valence-electron chi connectivity index (χ0n) is 21.5. The molecule has 2 N–H and O–H groups in total. The predicted molar refractivity (Wildman–Crippen MR) is 125 cm³/mol. The van der Waals surface area contributed by atoms with Crippen molar-refractivity contribution in [1.29, 1.82) is 0 Å². The van der Waals surface area contributed by atoms with Gasteiger partial charge in [0.05, 0.1) is 5.41 Å². The average molecular weight is 498 g/mol. The number of amides is 3. The van der Waals surface area contributed by atoms with Gasteiger partial charge in [-0.1, -0.05) is 27.2 Å². The smallest absolute Gasteiger partial charge is 0.331 e. The van der Waals surface area contributed by atoms with Crippen molar-refractivity contribution < 1.29 is 38.2 Å². The molecule has 0 saturated carbocycles. The number of hydrogen-bond acceptors (Lipinski definition) is 8. The standard InChI is InChI=1S/C24H39N3O8/c1-7-11-25-19(28)17-18(35-17)20(29)26-16(14(3)8-2)21(30)27-12-9-10-15(27)22(31)33-13-34-23(32)24(4,5)6/h14-18H,7-13H2,1-6H3,(H,25,28)(H,26,29)/t14-,15-,16-,17-,18?/m0/s1. The maximum atomic E-state index is 13.4. The molecule has 0 aromatic rings. The van der Waals surface area contributed by atoms with Crippen molar-refractivity contribution in [3.8, 4) is 0 Å². The van der Waals surface area contributed by atoms with Crippen molar-refractivity contribution >= 4 is 29.7 Å². The van der Waals surface area contributed by atoms with Crippen LogP contribution in [0.1, 0.15) is 67.2 Å². The molecule has 198 valence electrons. The van der Waals surface area contributed by atoms with Crippen LogP contribution in [0, 0.1) is 11.3 Å². The second-order valence-electron chi connectivity index (χ2n) is 10.1.